The minimum Gasteiger partial charge on any atom is -0.396 e. The number of aryl methyl sites for hydroxylation is 2. The normalized spacial score (nSPS) is 11.7. The van der Waals surface area contributed by atoms with Crippen LogP contribution in [0.3, 0.4) is 0 Å². The highest BCUT2D eigenvalue weighted by molar-refractivity contribution is 7.89. The number of aromatic nitrogens is 2. The molecule has 21 heavy (non-hydrogen) atoms. The van der Waals surface area contributed by atoms with Crippen LogP contribution in [-0.2, 0) is 23.0 Å². The van der Waals surface area contributed by atoms with Gasteiger partial charge in [0.15, 0.2) is 5.82 Å². The van der Waals surface area contributed by atoms with E-state index in [0.29, 0.717) is 18.7 Å². The second-order valence-electron chi connectivity index (χ2n) is 4.53. The van der Waals surface area contributed by atoms with Crippen molar-refractivity contribution in [3.63, 3.8) is 0 Å². The standard InChI is InChI=1S/C13H17N3O4S/c1-10-15-13(16-20-10)9-14-21(18,19)12-6-4-11(5-7-12)3-2-8-17/h4-7,14,17H,2-3,8-9H2,1H3. The van der Waals surface area contributed by atoms with E-state index in [0.717, 1.165) is 5.56 Å². The van der Waals surface area contributed by atoms with Crippen LogP contribution >= 0.6 is 0 Å². The van der Waals surface area contributed by atoms with Crippen LogP contribution < -0.4 is 4.72 Å². The zero-order chi connectivity index (χ0) is 15.3. The van der Waals surface area contributed by atoms with Gasteiger partial charge in [0.05, 0.1) is 11.4 Å². The van der Waals surface area contributed by atoms with Gasteiger partial charge in [0, 0.05) is 13.5 Å². The highest BCUT2D eigenvalue weighted by atomic mass is 32.2. The van der Waals surface area contributed by atoms with E-state index < -0.39 is 10.0 Å². The molecular formula is C13H17N3O4S. The molecule has 2 N–H and O–H groups in total. The quantitative estimate of drug-likeness (QED) is 0.783. The Bertz CT molecular complexity index is 680. The summed E-state index contributed by atoms with van der Waals surface area (Å²) in [4.78, 5) is 4.10. The molecule has 0 aliphatic carbocycles. The Morgan fingerprint density at radius 2 is 2.00 bits per heavy atom. The Morgan fingerprint density at radius 3 is 2.57 bits per heavy atom. The van der Waals surface area contributed by atoms with Gasteiger partial charge in [0.2, 0.25) is 15.9 Å². The summed E-state index contributed by atoms with van der Waals surface area (Å²) >= 11 is 0. The van der Waals surface area contributed by atoms with Crippen molar-refractivity contribution in [3.8, 4) is 0 Å². The monoisotopic (exact) mass is 311 g/mol. The summed E-state index contributed by atoms with van der Waals surface area (Å²) < 4.78 is 31.4. The van der Waals surface area contributed by atoms with Crippen LogP contribution in [0, 0.1) is 6.92 Å². The van der Waals surface area contributed by atoms with Crippen LogP contribution in [0.4, 0.5) is 0 Å². The predicted octanol–water partition coefficient (Wildman–Crippen LogP) is 0.781. The van der Waals surface area contributed by atoms with Crippen molar-refractivity contribution in [2.75, 3.05) is 6.61 Å². The van der Waals surface area contributed by atoms with E-state index in [9.17, 15) is 8.42 Å². The molecule has 0 aliphatic heterocycles. The van der Waals surface area contributed by atoms with E-state index >= 15 is 0 Å². The van der Waals surface area contributed by atoms with Crippen molar-refractivity contribution in [1.29, 1.82) is 0 Å². The minimum atomic E-state index is -3.61. The number of sulfonamides is 1. The van der Waals surface area contributed by atoms with E-state index in [1.165, 1.54) is 12.1 Å². The van der Waals surface area contributed by atoms with Gasteiger partial charge in [-0.15, -0.1) is 0 Å². The largest absolute Gasteiger partial charge is 0.396 e. The molecule has 0 atom stereocenters. The summed E-state index contributed by atoms with van der Waals surface area (Å²) in [5.41, 5.74) is 0.983. The summed E-state index contributed by atoms with van der Waals surface area (Å²) in [7, 11) is -3.61. The zero-order valence-corrected chi connectivity index (χ0v) is 12.4. The average molecular weight is 311 g/mol. The summed E-state index contributed by atoms with van der Waals surface area (Å²) in [6, 6.07) is 6.55. The molecule has 0 saturated carbocycles. The van der Waals surface area contributed by atoms with Crippen molar-refractivity contribution in [3.05, 3.63) is 41.5 Å². The first-order valence-corrected chi connectivity index (χ1v) is 7.98. The van der Waals surface area contributed by atoms with Gasteiger partial charge in [0.1, 0.15) is 0 Å². The van der Waals surface area contributed by atoms with Gasteiger partial charge in [-0.1, -0.05) is 17.3 Å². The molecule has 0 aliphatic rings. The second kappa shape index (κ2) is 6.79. The number of nitrogens with one attached hydrogen (secondary N) is 1. The maximum Gasteiger partial charge on any atom is 0.240 e. The Kier molecular flexibility index (Phi) is 5.05. The van der Waals surface area contributed by atoms with Gasteiger partial charge in [-0.25, -0.2) is 13.1 Å². The van der Waals surface area contributed by atoms with Crippen LogP contribution in [0.1, 0.15) is 23.7 Å². The van der Waals surface area contributed by atoms with Gasteiger partial charge in [0.25, 0.3) is 0 Å². The fourth-order valence-corrected chi connectivity index (χ4v) is 2.75. The zero-order valence-electron chi connectivity index (χ0n) is 11.6. The van der Waals surface area contributed by atoms with Gasteiger partial charge >= 0.3 is 0 Å². The lowest BCUT2D eigenvalue weighted by Crippen LogP contribution is -2.23. The Hall–Kier alpha value is -1.77. The predicted molar refractivity (Wildman–Crippen MR) is 74.9 cm³/mol. The van der Waals surface area contributed by atoms with Crippen LogP contribution in [-0.4, -0.2) is 30.3 Å². The number of hydrogen-bond donors (Lipinski definition) is 2. The summed E-state index contributed by atoms with van der Waals surface area (Å²) in [5, 5.41) is 12.4. The second-order valence-corrected chi connectivity index (χ2v) is 6.29. The first-order chi connectivity index (χ1) is 10.0. The van der Waals surface area contributed by atoms with Crippen LogP contribution in [0.2, 0.25) is 0 Å². The summed E-state index contributed by atoms with van der Waals surface area (Å²) in [6.45, 7) is 1.73. The van der Waals surface area contributed by atoms with Gasteiger partial charge in [-0.05, 0) is 30.5 Å². The molecule has 0 radical (unpaired) electrons. The van der Waals surface area contributed by atoms with Crippen LogP contribution in [0.25, 0.3) is 0 Å². The molecule has 1 aromatic heterocycles. The minimum absolute atomic E-state index is 0.0219. The Balaban J connectivity index is 2.01. The van der Waals surface area contributed by atoms with Gasteiger partial charge in [-0.3, -0.25) is 0 Å². The molecule has 0 bridgehead atoms. The molecular weight excluding hydrogens is 294 g/mol. The van der Waals surface area contributed by atoms with Crippen LogP contribution in [0.5, 0.6) is 0 Å². The smallest absolute Gasteiger partial charge is 0.240 e. The number of benzene rings is 1. The Morgan fingerprint density at radius 1 is 1.29 bits per heavy atom. The fraction of sp³-hybridized carbons (Fsp3) is 0.385. The maximum absolute atomic E-state index is 12.1. The van der Waals surface area contributed by atoms with Crippen molar-refractivity contribution < 1.29 is 18.0 Å². The van der Waals surface area contributed by atoms with E-state index in [-0.39, 0.29) is 23.9 Å². The molecule has 2 rings (SSSR count). The molecule has 1 heterocycles. The number of rotatable bonds is 7. The van der Waals surface area contributed by atoms with E-state index in [1.54, 1.807) is 19.1 Å². The molecule has 0 saturated heterocycles. The number of aliphatic hydroxyl groups excluding tert-OH is 1. The number of hydrogen-bond acceptors (Lipinski definition) is 6. The molecule has 7 nitrogen and oxygen atoms in total. The molecule has 114 valence electrons. The van der Waals surface area contributed by atoms with Crippen molar-refractivity contribution in [1.82, 2.24) is 14.9 Å². The number of aliphatic hydroxyl groups is 1. The van der Waals surface area contributed by atoms with Crippen molar-refractivity contribution >= 4 is 10.0 Å². The van der Waals surface area contributed by atoms with Gasteiger partial charge in [-0.2, -0.15) is 4.98 Å². The highest BCUT2D eigenvalue weighted by Gasteiger charge is 2.15. The molecule has 0 unspecified atom stereocenters. The Labute approximate surface area is 123 Å². The van der Waals surface area contributed by atoms with Gasteiger partial charge < -0.3 is 9.63 Å². The maximum atomic E-state index is 12.1. The topological polar surface area (TPSA) is 105 Å². The lowest BCUT2D eigenvalue weighted by atomic mass is 10.1. The van der Waals surface area contributed by atoms with Crippen LogP contribution in [0.15, 0.2) is 33.7 Å². The lowest BCUT2D eigenvalue weighted by Gasteiger charge is -2.06. The SMILES string of the molecule is Cc1nc(CNS(=O)(=O)c2ccc(CCCO)cc2)no1. The highest BCUT2D eigenvalue weighted by Crippen LogP contribution is 2.12. The third kappa shape index (κ3) is 4.35. The molecule has 1 aromatic carbocycles. The summed E-state index contributed by atoms with van der Waals surface area (Å²) in [6.07, 6.45) is 1.37. The van der Waals surface area contributed by atoms with E-state index in [2.05, 4.69) is 14.9 Å². The third-order valence-electron chi connectivity index (χ3n) is 2.85. The van der Waals surface area contributed by atoms with E-state index in [1.807, 2.05) is 0 Å². The van der Waals surface area contributed by atoms with E-state index in [4.69, 9.17) is 9.63 Å². The molecule has 0 fully saturated rings. The first kappa shape index (κ1) is 15.6. The average Bonchev–Trinajstić information content (AvgIpc) is 2.89. The molecule has 8 heteroatoms. The fourth-order valence-electron chi connectivity index (χ4n) is 1.77. The lowest BCUT2D eigenvalue weighted by molar-refractivity contribution is 0.288. The third-order valence-corrected chi connectivity index (χ3v) is 4.26. The van der Waals surface area contributed by atoms with Crippen molar-refractivity contribution in [2.45, 2.75) is 31.2 Å². The summed E-state index contributed by atoms with van der Waals surface area (Å²) in [5.74, 6) is 0.674. The number of nitrogens with zero attached hydrogens (tertiary/aromatic N) is 2. The first-order valence-electron chi connectivity index (χ1n) is 6.50. The van der Waals surface area contributed by atoms with Crippen molar-refractivity contribution in [2.24, 2.45) is 0 Å². The molecule has 2 aromatic rings. The molecule has 0 amide bonds. The molecule has 0 spiro atoms.